The highest BCUT2D eigenvalue weighted by atomic mass is 19.1. The Morgan fingerprint density at radius 3 is 2.94 bits per heavy atom. The molecule has 1 rings (SSSR count). The molecular formula is C12H17FN2O. The van der Waals surface area contributed by atoms with E-state index in [0.717, 1.165) is 12.1 Å². The van der Waals surface area contributed by atoms with Gasteiger partial charge in [-0.05, 0) is 30.7 Å². The molecule has 0 heterocycles. The van der Waals surface area contributed by atoms with Crippen molar-refractivity contribution < 1.29 is 9.18 Å². The number of amides is 1. The number of likely N-dealkylation sites (N-methyl/N-ethyl adjacent to an activating group) is 1. The van der Waals surface area contributed by atoms with Crippen molar-refractivity contribution in [3.63, 3.8) is 0 Å². The fourth-order valence-electron chi connectivity index (χ4n) is 1.34. The van der Waals surface area contributed by atoms with Gasteiger partial charge in [0.15, 0.2) is 0 Å². The summed E-state index contributed by atoms with van der Waals surface area (Å²) in [5.74, 6) is -0.269. The summed E-state index contributed by atoms with van der Waals surface area (Å²) in [6.07, 6.45) is 0.648. The normalized spacial score (nSPS) is 10.1. The first-order valence-electron chi connectivity index (χ1n) is 5.44. The second-order valence-corrected chi connectivity index (χ2v) is 3.51. The molecule has 0 aliphatic rings. The van der Waals surface area contributed by atoms with Gasteiger partial charge in [0.2, 0.25) is 5.91 Å². The van der Waals surface area contributed by atoms with E-state index in [1.165, 1.54) is 12.1 Å². The smallest absolute Gasteiger partial charge is 0.233 e. The number of benzene rings is 1. The molecule has 0 radical (unpaired) electrons. The molecule has 0 aliphatic carbocycles. The molecule has 1 amide bonds. The van der Waals surface area contributed by atoms with E-state index in [1.807, 2.05) is 13.0 Å². The summed E-state index contributed by atoms with van der Waals surface area (Å²) in [6, 6.07) is 6.41. The molecule has 0 atom stereocenters. The van der Waals surface area contributed by atoms with Crippen molar-refractivity contribution in [1.29, 1.82) is 0 Å². The highest BCUT2D eigenvalue weighted by molar-refractivity contribution is 5.77. The minimum Gasteiger partial charge on any atom is -0.355 e. The lowest BCUT2D eigenvalue weighted by molar-refractivity contribution is -0.120. The highest BCUT2D eigenvalue weighted by Gasteiger charge is 1.99. The van der Waals surface area contributed by atoms with Crippen LogP contribution in [0.15, 0.2) is 24.3 Å². The second kappa shape index (κ2) is 6.95. The van der Waals surface area contributed by atoms with E-state index < -0.39 is 0 Å². The van der Waals surface area contributed by atoms with Gasteiger partial charge in [0.1, 0.15) is 5.82 Å². The number of hydrogen-bond donors (Lipinski definition) is 2. The van der Waals surface area contributed by atoms with Crippen molar-refractivity contribution in [2.45, 2.75) is 13.3 Å². The van der Waals surface area contributed by atoms with Crippen LogP contribution in [0.5, 0.6) is 0 Å². The molecule has 1 aromatic carbocycles. The third-order valence-corrected chi connectivity index (χ3v) is 2.16. The largest absolute Gasteiger partial charge is 0.355 e. The van der Waals surface area contributed by atoms with Gasteiger partial charge in [-0.2, -0.15) is 0 Å². The minimum atomic E-state index is -0.239. The molecule has 1 aromatic rings. The SMILES string of the molecule is CCNCC(=O)NCCc1cccc(F)c1. The quantitative estimate of drug-likeness (QED) is 0.759. The van der Waals surface area contributed by atoms with Crippen LogP contribution in [0, 0.1) is 5.82 Å². The van der Waals surface area contributed by atoms with Crippen molar-refractivity contribution in [3.8, 4) is 0 Å². The van der Waals surface area contributed by atoms with Crippen LogP contribution < -0.4 is 10.6 Å². The maximum atomic E-state index is 12.8. The third kappa shape index (κ3) is 4.89. The zero-order valence-electron chi connectivity index (χ0n) is 9.42. The van der Waals surface area contributed by atoms with Gasteiger partial charge in [0.25, 0.3) is 0 Å². The molecular weight excluding hydrogens is 207 g/mol. The van der Waals surface area contributed by atoms with Crippen LogP contribution in [0.4, 0.5) is 4.39 Å². The summed E-state index contributed by atoms with van der Waals surface area (Å²) in [5, 5.41) is 5.70. The van der Waals surface area contributed by atoms with Gasteiger partial charge in [-0.1, -0.05) is 19.1 Å². The number of rotatable bonds is 6. The fraction of sp³-hybridized carbons (Fsp3) is 0.417. The van der Waals surface area contributed by atoms with Crippen LogP contribution in [0.1, 0.15) is 12.5 Å². The Morgan fingerprint density at radius 2 is 2.25 bits per heavy atom. The lowest BCUT2D eigenvalue weighted by Gasteiger charge is -2.05. The van der Waals surface area contributed by atoms with E-state index in [-0.39, 0.29) is 11.7 Å². The predicted molar refractivity (Wildman–Crippen MR) is 61.7 cm³/mol. The van der Waals surface area contributed by atoms with Gasteiger partial charge in [-0.25, -0.2) is 4.39 Å². The molecule has 4 heteroatoms. The summed E-state index contributed by atoms with van der Waals surface area (Å²) in [6.45, 7) is 3.59. The average Bonchev–Trinajstić information content (AvgIpc) is 2.26. The number of carbonyl (C=O) groups excluding carboxylic acids is 1. The summed E-state index contributed by atoms with van der Waals surface area (Å²) < 4.78 is 12.8. The molecule has 16 heavy (non-hydrogen) atoms. The molecule has 0 aromatic heterocycles. The molecule has 3 nitrogen and oxygen atoms in total. The molecule has 88 valence electrons. The van der Waals surface area contributed by atoms with Crippen LogP contribution >= 0.6 is 0 Å². The zero-order chi connectivity index (χ0) is 11.8. The van der Waals surface area contributed by atoms with Gasteiger partial charge in [0, 0.05) is 6.54 Å². The van der Waals surface area contributed by atoms with Gasteiger partial charge in [-0.3, -0.25) is 4.79 Å². The maximum Gasteiger partial charge on any atom is 0.233 e. The van der Waals surface area contributed by atoms with Gasteiger partial charge < -0.3 is 10.6 Å². The Hall–Kier alpha value is -1.42. The third-order valence-electron chi connectivity index (χ3n) is 2.16. The van der Waals surface area contributed by atoms with Crippen LogP contribution in [-0.2, 0) is 11.2 Å². The van der Waals surface area contributed by atoms with Crippen molar-refractivity contribution in [3.05, 3.63) is 35.6 Å². The highest BCUT2D eigenvalue weighted by Crippen LogP contribution is 2.03. The first-order valence-corrected chi connectivity index (χ1v) is 5.44. The number of nitrogens with one attached hydrogen (secondary N) is 2. The van der Waals surface area contributed by atoms with Crippen LogP contribution in [0.25, 0.3) is 0 Å². The van der Waals surface area contributed by atoms with E-state index in [1.54, 1.807) is 6.07 Å². The number of carbonyl (C=O) groups is 1. The van der Waals surface area contributed by atoms with Gasteiger partial charge >= 0.3 is 0 Å². The monoisotopic (exact) mass is 224 g/mol. The molecule has 0 aliphatic heterocycles. The van der Waals surface area contributed by atoms with E-state index >= 15 is 0 Å². The summed E-state index contributed by atoms with van der Waals surface area (Å²) in [4.78, 5) is 11.2. The van der Waals surface area contributed by atoms with E-state index in [2.05, 4.69) is 10.6 Å². The topological polar surface area (TPSA) is 41.1 Å². The number of halogens is 1. The minimum absolute atomic E-state index is 0.0294. The average molecular weight is 224 g/mol. The first kappa shape index (κ1) is 12.6. The maximum absolute atomic E-state index is 12.8. The van der Waals surface area contributed by atoms with E-state index in [4.69, 9.17) is 0 Å². The molecule has 2 N–H and O–H groups in total. The summed E-state index contributed by atoms with van der Waals surface area (Å²) >= 11 is 0. The standard InChI is InChI=1S/C12H17FN2O/c1-2-14-9-12(16)15-7-6-10-4-3-5-11(13)8-10/h3-5,8,14H,2,6-7,9H2,1H3,(H,15,16). The zero-order valence-corrected chi connectivity index (χ0v) is 9.42. The number of hydrogen-bond acceptors (Lipinski definition) is 2. The summed E-state index contributed by atoms with van der Waals surface area (Å²) in [5.41, 5.74) is 0.892. The van der Waals surface area contributed by atoms with Crippen molar-refractivity contribution in [2.75, 3.05) is 19.6 Å². The van der Waals surface area contributed by atoms with Gasteiger partial charge in [0.05, 0.1) is 6.54 Å². The molecule has 0 bridgehead atoms. The van der Waals surface area contributed by atoms with Gasteiger partial charge in [-0.15, -0.1) is 0 Å². The Kier molecular flexibility index (Phi) is 5.50. The van der Waals surface area contributed by atoms with Crippen molar-refractivity contribution in [1.82, 2.24) is 10.6 Å². The van der Waals surface area contributed by atoms with E-state index in [9.17, 15) is 9.18 Å². The molecule has 0 saturated heterocycles. The Morgan fingerprint density at radius 1 is 1.44 bits per heavy atom. The lowest BCUT2D eigenvalue weighted by atomic mass is 10.1. The predicted octanol–water partition coefficient (Wildman–Crippen LogP) is 1.09. The van der Waals surface area contributed by atoms with Crippen molar-refractivity contribution in [2.24, 2.45) is 0 Å². The fourth-order valence-corrected chi connectivity index (χ4v) is 1.34. The Labute approximate surface area is 95.0 Å². The van der Waals surface area contributed by atoms with Crippen LogP contribution in [0.2, 0.25) is 0 Å². The molecule has 0 unspecified atom stereocenters. The van der Waals surface area contributed by atoms with E-state index in [0.29, 0.717) is 19.5 Å². The molecule has 0 spiro atoms. The summed E-state index contributed by atoms with van der Waals surface area (Å²) in [7, 11) is 0. The Bertz CT molecular complexity index is 342. The Balaban J connectivity index is 2.22. The first-order chi connectivity index (χ1) is 7.72. The molecule has 0 saturated carbocycles. The molecule has 0 fully saturated rings. The second-order valence-electron chi connectivity index (χ2n) is 3.51. The van der Waals surface area contributed by atoms with Crippen molar-refractivity contribution >= 4 is 5.91 Å². The lowest BCUT2D eigenvalue weighted by Crippen LogP contribution is -2.34. The van der Waals surface area contributed by atoms with Crippen LogP contribution in [-0.4, -0.2) is 25.5 Å². The van der Waals surface area contributed by atoms with Crippen LogP contribution in [0.3, 0.4) is 0 Å².